The van der Waals surface area contributed by atoms with E-state index in [-0.39, 0.29) is 16.8 Å². The van der Waals surface area contributed by atoms with E-state index in [9.17, 15) is 4.57 Å². The van der Waals surface area contributed by atoms with Crippen molar-refractivity contribution in [3.05, 3.63) is 72.3 Å². The normalized spacial score (nSPS) is 17.5. The van der Waals surface area contributed by atoms with Gasteiger partial charge in [-0.05, 0) is 17.7 Å². The quantitative estimate of drug-likeness (QED) is 0.485. The molecule has 0 spiro atoms. The van der Waals surface area contributed by atoms with E-state index in [1.807, 2.05) is 55.5 Å². The third-order valence-corrected chi connectivity index (χ3v) is 6.63. The summed E-state index contributed by atoms with van der Waals surface area (Å²) in [4.78, 5) is 0. The predicted octanol–water partition coefficient (Wildman–Crippen LogP) is 4.09. The molecule has 0 bridgehead atoms. The van der Waals surface area contributed by atoms with Crippen molar-refractivity contribution < 1.29 is 30.6 Å². The predicted molar refractivity (Wildman–Crippen MR) is 95.9 cm³/mol. The van der Waals surface area contributed by atoms with Gasteiger partial charge in [-0.2, -0.15) is 12.1 Å². The van der Waals surface area contributed by atoms with E-state index < -0.39 is 7.37 Å². The summed E-state index contributed by atoms with van der Waals surface area (Å²) in [5.74, 6) is 1.31. The Morgan fingerprint density at radius 2 is 1.72 bits per heavy atom. The van der Waals surface area contributed by atoms with Gasteiger partial charge in [0.05, 0.1) is 12.4 Å². The molecule has 3 aromatic carbocycles. The summed E-state index contributed by atoms with van der Waals surface area (Å²) in [6, 6.07) is 22.0. The zero-order valence-corrected chi connectivity index (χ0v) is 15.7. The van der Waals surface area contributed by atoms with Crippen molar-refractivity contribution in [3.8, 4) is 22.6 Å². The fourth-order valence-corrected chi connectivity index (χ4v) is 5.22. The number of fused-ring (bicyclic) bond motifs is 3. The maximum atomic E-state index is 13.9. The van der Waals surface area contributed by atoms with Gasteiger partial charge in [0.25, 0.3) is 7.37 Å². The second-order valence-corrected chi connectivity index (χ2v) is 7.97. The van der Waals surface area contributed by atoms with Crippen LogP contribution < -0.4 is 19.9 Å². The van der Waals surface area contributed by atoms with E-state index in [1.54, 1.807) is 19.2 Å². The molecule has 0 N–H and O–H groups in total. The number of rotatable bonds is 2. The van der Waals surface area contributed by atoms with Crippen LogP contribution in [0.4, 0.5) is 0 Å². The molecule has 1 atom stereocenters. The molecule has 0 aliphatic carbocycles. The van der Waals surface area contributed by atoms with E-state index in [4.69, 9.17) is 9.26 Å². The summed E-state index contributed by atoms with van der Waals surface area (Å²) >= 11 is 0. The van der Waals surface area contributed by atoms with Crippen LogP contribution in [0.2, 0.25) is 0 Å². The first kappa shape index (κ1) is 17.8. The molecule has 1 aliphatic heterocycles. The van der Waals surface area contributed by atoms with Crippen LogP contribution in [-0.2, 0) is 21.3 Å². The zero-order valence-electron chi connectivity index (χ0n) is 13.8. The number of benzene rings is 3. The monoisotopic (exact) mass is 394 g/mol. The number of hydrogen-bond acceptors (Lipinski definition) is 3. The molecular weight excluding hydrogens is 378 g/mol. The van der Waals surface area contributed by atoms with Crippen LogP contribution in [0.25, 0.3) is 11.1 Å². The maximum absolute atomic E-state index is 13.9. The van der Waals surface area contributed by atoms with Crippen LogP contribution in [0.15, 0.2) is 60.7 Å². The largest absolute Gasteiger partial charge is 0.522 e. The number of para-hydroxylation sites is 1. The van der Waals surface area contributed by atoms with Gasteiger partial charge >= 0.3 is 0 Å². The van der Waals surface area contributed by atoms with Gasteiger partial charge in [0, 0.05) is 28.1 Å². The van der Waals surface area contributed by atoms with E-state index in [0.717, 1.165) is 16.7 Å². The van der Waals surface area contributed by atoms with Crippen molar-refractivity contribution in [3.63, 3.8) is 0 Å². The van der Waals surface area contributed by atoms with Crippen LogP contribution in [-0.4, -0.2) is 7.11 Å². The van der Waals surface area contributed by atoms with Gasteiger partial charge in [0.2, 0.25) is 0 Å². The average Bonchev–Trinajstić information content (AvgIpc) is 2.62. The minimum Gasteiger partial charge on any atom is -0.522 e. The maximum Gasteiger partial charge on any atom is 0.283 e. The summed E-state index contributed by atoms with van der Waals surface area (Å²) in [7, 11) is -1.68. The van der Waals surface area contributed by atoms with Gasteiger partial charge in [-0.1, -0.05) is 48.6 Å². The molecule has 1 unspecified atom stereocenters. The third-order valence-electron chi connectivity index (χ3n) is 4.26. The molecule has 4 rings (SSSR count). The Labute approximate surface area is 157 Å². The Bertz CT molecular complexity index is 984. The van der Waals surface area contributed by atoms with E-state index >= 15 is 0 Å². The van der Waals surface area contributed by atoms with Crippen LogP contribution in [0.5, 0.6) is 11.5 Å². The van der Waals surface area contributed by atoms with Gasteiger partial charge in [0.1, 0.15) is 5.75 Å². The summed E-state index contributed by atoms with van der Waals surface area (Å²) in [6.07, 6.45) is 0. The van der Waals surface area contributed by atoms with E-state index in [0.29, 0.717) is 22.1 Å². The smallest absolute Gasteiger partial charge is 0.283 e. The Kier molecular flexibility index (Phi) is 4.78. The van der Waals surface area contributed by atoms with Crippen molar-refractivity contribution in [1.29, 1.82) is 0 Å². The molecule has 0 aromatic heterocycles. The summed E-state index contributed by atoms with van der Waals surface area (Å²) < 4.78 is 25.3. The first-order valence-electron chi connectivity index (χ1n) is 7.69. The first-order chi connectivity index (χ1) is 11.6. The minimum absolute atomic E-state index is 0. The molecule has 0 saturated carbocycles. The molecule has 1 radical (unpaired) electrons. The van der Waals surface area contributed by atoms with Crippen molar-refractivity contribution in [2.24, 2.45) is 0 Å². The minimum atomic E-state index is -3.28. The fraction of sp³-hybridized carbons (Fsp3) is 0.100. The van der Waals surface area contributed by atoms with Gasteiger partial charge in [-0.25, -0.2) is 0 Å². The van der Waals surface area contributed by atoms with Crippen molar-refractivity contribution in [2.75, 3.05) is 7.11 Å². The second kappa shape index (κ2) is 6.72. The topological polar surface area (TPSA) is 35.5 Å². The standard InChI is InChI=1S/C20H16O3P.Co/c1-14-11-12-15(13-19(14)22-2)24(21)20-10-6-4-8-17(20)16-7-3-5-9-18(16)23-24;/h3-11,13H,1-2H3;/q-1;. The number of methoxy groups -OCH3 is 1. The molecule has 3 aromatic rings. The van der Waals surface area contributed by atoms with E-state index in [1.165, 1.54) is 0 Å². The van der Waals surface area contributed by atoms with Crippen LogP contribution in [0.1, 0.15) is 5.56 Å². The van der Waals surface area contributed by atoms with Gasteiger partial charge < -0.3 is 9.26 Å². The first-order valence-corrected chi connectivity index (χ1v) is 9.31. The SMILES string of the molecule is COc1cc(P2(=O)Oc3ccccc3-c3ccccc32)[c-]cc1C.[Co]. The molecular formula is C20H16CoO3P-. The number of aryl methyl sites for hydroxylation is 1. The fourth-order valence-electron chi connectivity index (χ4n) is 3.02. The van der Waals surface area contributed by atoms with Gasteiger partial charge in [-0.15, -0.1) is 11.6 Å². The Balaban J connectivity index is 0.00000182. The number of ether oxygens (including phenoxy) is 1. The third kappa shape index (κ3) is 2.81. The Morgan fingerprint density at radius 1 is 1.04 bits per heavy atom. The molecule has 25 heavy (non-hydrogen) atoms. The van der Waals surface area contributed by atoms with E-state index in [2.05, 4.69) is 6.07 Å². The second-order valence-electron chi connectivity index (χ2n) is 5.73. The molecule has 129 valence electrons. The molecule has 1 aliphatic rings. The summed E-state index contributed by atoms with van der Waals surface area (Å²) in [5, 5.41) is 1.22. The Morgan fingerprint density at radius 3 is 2.48 bits per heavy atom. The molecule has 0 amide bonds. The molecule has 1 heterocycles. The molecule has 0 saturated heterocycles. The molecule has 3 nitrogen and oxygen atoms in total. The average molecular weight is 394 g/mol. The van der Waals surface area contributed by atoms with Crippen molar-refractivity contribution in [2.45, 2.75) is 6.92 Å². The molecule has 0 fully saturated rings. The Hall–Kier alpha value is -2.00. The summed E-state index contributed by atoms with van der Waals surface area (Å²) in [5.41, 5.74) is 2.84. The van der Waals surface area contributed by atoms with Crippen LogP contribution >= 0.6 is 7.37 Å². The van der Waals surface area contributed by atoms with Crippen LogP contribution in [0, 0.1) is 13.0 Å². The summed E-state index contributed by atoms with van der Waals surface area (Å²) in [6.45, 7) is 1.93. The van der Waals surface area contributed by atoms with Crippen molar-refractivity contribution >= 4 is 18.0 Å². The number of hydrogen-bond donors (Lipinski definition) is 0. The van der Waals surface area contributed by atoms with Gasteiger partial charge in [-0.3, -0.25) is 4.57 Å². The van der Waals surface area contributed by atoms with Crippen molar-refractivity contribution in [1.82, 2.24) is 0 Å². The zero-order chi connectivity index (χ0) is 16.7. The van der Waals surface area contributed by atoms with Gasteiger partial charge in [0.15, 0.2) is 0 Å². The molecule has 5 heteroatoms. The van der Waals surface area contributed by atoms with Crippen LogP contribution in [0.3, 0.4) is 0 Å².